The lowest BCUT2D eigenvalue weighted by atomic mass is 10.1. The number of thiazole rings is 1. The Bertz CT molecular complexity index is 859. The van der Waals surface area contributed by atoms with Crippen molar-refractivity contribution in [2.75, 3.05) is 7.11 Å². The van der Waals surface area contributed by atoms with Crippen LogP contribution in [-0.2, 0) is 6.18 Å². The van der Waals surface area contributed by atoms with E-state index < -0.39 is 17.8 Å². The molecule has 25 heavy (non-hydrogen) atoms. The molecule has 3 rings (SSSR count). The van der Waals surface area contributed by atoms with Gasteiger partial charge in [-0.2, -0.15) is 13.2 Å². The van der Waals surface area contributed by atoms with Crippen LogP contribution in [0.4, 0.5) is 13.2 Å². The van der Waals surface area contributed by atoms with Crippen molar-refractivity contribution in [3.8, 4) is 17.0 Å². The zero-order valence-electron chi connectivity index (χ0n) is 13.1. The lowest BCUT2D eigenvalue weighted by Gasteiger charge is -2.09. The van der Waals surface area contributed by atoms with Gasteiger partial charge in [0.05, 0.1) is 18.4 Å². The second kappa shape index (κ2) is 6.85. The summed E-state index contributed by atoms with van der Waals surface area (Å²) in [6.07, 6.45) is -5.35. The number of hydrogen-bond acceptors (Lipinski definition) is 4. The Hall–Kier alpha value is -2.38. The molecule has 130 valence electrons. The number of halogens is 3. The van der Waals surface area contributed by atoms with E-state index in [1.54, 1.807) is 42.8 Å². The molecule has 2 aromatic carbocycles. The number of ether oxygens (including phenoxy) is 1. The molecule has 0 aliphatic rings. The Balaban J connectivity index is 1.87. The van der Waals surface area contributed by atoms with Gasteiger partial charge in [0.2, 0.25) is 0 Å². The number of hydrogen-bond donors (Lipinski definition) is 1. The maximum Gasteiger partial charge on any atom is 0.416 e. The summed E-state index contributed by atoms with van der Waals surface area (Å²) in [5.74, 6) is 0.666. The highest BCUT2D eigenvalue weighted by atomic mass is 32.1. The van der Waals surface area contributed by atoms with Gasteiger partial charge in [0.15, 0.2) is 0 Å². The molecule has 0 aliphatic carbocycles. The van der Waals surface area contributed by atoms with Crippen molar-refractivity contribution in [2.45, 2.75) is 12.3 Å². The summed E-state index contributed by atoms with van der Waals surface area (Å²) in [5.41, 5.74) is 0.666. The maximum atomic E-state index is 12.8. The first-order valence-corrected chi connectivity index (χ1v) is 8.21. The number of aliphatic hydroxyl groups excluding tert-OH is 1. The Morgan fingerprint density at radius 3 is 2.48 bits per heavy atom. The first-order chi connectivity index (χ1) is 11.9. The van der Waals surface area contributed by atoms with Crippen LogP contribution in [0.5, 0.6) is 5.75 Å². The monoisotopic (exact) mass is 365 g/mol. The van der Waals surface area contributed by atoms with Gasteiger partial charge >= 0.3 is 6.18 Å². The number of aromatic nitrogens is 1. The fourth-order valence-electron chi connectivity index (χ4n) is 2.33. The molecule has 0 radical (unpaired) electrons. The molecular formula is C18H14F3NO2S. The quantitative estimate of drug-likeness (QED) is 0.714. The van der Waals surface area contributed by atoms with Crippen molar-refractivity contribution in [3.05, 3.63) is 70.0 Å². The van der Waals surface area contributed by atoms with Gasteiger partial charge in [0.25, 0.3) is 0 Å². The standard InChI is InChI=1S/C18H14F3NO2S/c1-24-14-7-5-11(6-8-14)16(23)17-22-15(10-25-17)12-3-2-4-13(9-12)18(19,20)21/h2-10,16,23H,1H3. The normalized spacial score (nSPS) is 12.8. The number of alkyl halides is 3. The predicted molar refractivity (Wildman–Crippen MR) is 89.6 cm³/mol. The Kier molecular flexibility index (Phi) is 4.78. The lowest BCUT2D eigenvalue weighted by Crippen LogP contribution is -2.04. The van der Waals surface area contributed by atoms with Crippen LogP contribution in [0.3, 0.4) is 0 Å². The Labute approximate surface area is 146 Å². The third-order valence-corrected chi connectivity index (χ3v) is 4.57. The highest BCUT2D eigenvalue weighted by molar-refractivity contribution is 7.10. The minimum absolute atomic E-state index is 0.360. The second-order valence-corrected chi connectivity index (χ2v) is 6.21. The minimum atomic E-state index is -4.41. The van der Waals surface area contributed by atoms with Crippen LogP contribution in [0.1, 0.15) is 22.2 Å². The van der Waals surface area contributed by atoms with Crippen molar-refractivity contribution in [1.82, 2.24) is 4.98 Å². The van der Waals surface area contributed by atoms with E-state index in [9.17, 15) is 18.3 Å². The van der Waals surface area contributed by atoms with Gasteiger partial charge < -0.3 is 9.84 Å². The van der Waals surface area contributed by atoms with Crippen molar-refractivity contribution in [3.63, 3.8) is 0 Å². The van der Waals surface area contributed by atoms with Crippen LogP contribution in [0.2, 0.25) is 0 Å². The highest BCUT2D eigenvalue weighted by Crippen LogP contribution is 2.34. The van der Waals surface area contributed by atoms with Crippen molar-refractivity contribution in [1.29, 1.82) is 0 Å². The molecule has 0 saturated heterocycles. The molecule has 3 aromatic rings. The van der Waals surface area contributed by atoms with E-state index in [1.807, 2.05) is 0 Å². The van der Waals surface area contributed by atoms with E-state index in [-0.39, 0.29) is 0 Å². The molecule has 7 heteroatoms. The smallest absolute Gasteiger partial charge is 0.416 e. The molecular weight excluding hydrogens is 351 g/mol. The molecule has 1 aromatic heterocycles. The van der Waals surface area contributed by atoms with Gasteiger partial charge in [-0.15, -0.1) is 11.3 Å². The Morgan fingerprint density at radius 2 is 1.84 bits per heavy atom. The van der Waals surface area contributed by atoms with Crippen molar-refractivity contribution >= 4 is 11.3 Å². The number of methoxy groups -OCH3 is 1. The molecule has 0 bridgehead atoms. The van der Waals surface area contributed by atoms with Crippen molar-refractivity contribution in [2.24, 2.45) is 0 Å². The molecule has 3 nitrogen and oxygen atoms in total. The highest BCUT2D eigenvalue weighted by Gasteiger charge is 2.30. The molecule has 0 spiro atoms. The van der Waals surface area contributed by atoms with Crippen LogP contribution < -0.4 is 4.74 Å². The van der Waals surface area contributed by atoms with E-state index in [4.69, 9.17) is 4.74 Å². The number of aliphatic hydroxyl groups is 1. The minimum Gasteiger partial charge on any atom is -0.497 e. The first kappa shape index (κ1) is 17.4. The number of nitrogens with zero attached hydrogens (tertiary/aromatic N) is 1. The second-order valence-electron chi connectivity index (χ2n) is 5.33. The average Bonchev–Trinajstić information content (AvgIpc) is 3.11. The van der Waals surface area contributed by atoms with E-state index in [1.165, 1.54) is 17.4 Å². The maximum absolute atomic E-state index is 12.8. The van der Waals surface area contributed by atoms with Crippen LogP contribution in [-0.4, -0.2) is 17.2 Å². The van der Waals surface area contributed by atoms with Gasteiger partial charge in [0.1, 0.15) is 16.9 Å². The molecule has 0 aliphatic heterocycles. The summed E-state index contributed by atoms with van der Waals surface area (Å²) in [5, 5.41) is 12.5. The molecule has 0 amide bonds. The molecule has 1 atom stereocenters. The lowest BCUT2D eigenvalue weighted by molar-refractivity contribution is -0.137. The fraction of sp³-hybridized carbons (Fsp3) is 0.167. The van der Waals surface area contributed by atoms with Gasteiger partial charge in [0, 0.05) is 10.9 Å². The molecule has 1 N–H and O–H groups in total. The number of benzene rings is 2. The summed E-state index contributed by atoms with van der Waals surface area (Å²) >= 11 is 1.20. The third kappa shape index (κ3) is 3.83. The predicted octanol–water partition coefficient (Wildman–Crippen LogP) is 4.92. The summed E-state index contributed by atoms with van der Waals surface area (Å²) in [6.45, 7) is 0. The summed E-state index contributed by atoms with van der Waals surface area (Å²) in [6, 6.07) is 11.9. The molecule has 1 heterocycles. The largest absolute Gasteiger partial charge is 0.497 e. The van der Waals surface area contributed by atoms with Crippen LogP contribution >= 0.6 is 11.3 Å². The molecule has 0 saturated carbocycles. The fourth-order valence-corrected chi connectivity index (χ4v) is 3.17. The van der Waals surface area contributed by atoms with E-state index in [0.717, 1.165) is 12.1 Å². The van der Waals surface area contributed by atoms with Gasteiger partial charge in [-0.1, -0.05) is 24.3 Å². The first-order valence-electron chi connectivity index (χ1n) is 7.33. The number of rotatable bonds is 4. The third-order valence-electron chi connectivity index (χ3n) is 3.67. The summed E-state index contributed by atoms with van der Waals surface area (Å²) in [4.78, 5) is 4.29. The van der Waals surface area contributed by atoms with E-state index in [2.05, 4.69) is 4.98 Å². The average molecular weight is 365 g/mol. The summed E-state index contributed by atoms with van der Waals surface area (Å²) in [7, 11) is 1.55. The zero-order valence-corrected chi connectivity index (χ0v) is 13.9. The van der Waals surface area contributed by atoms with Gasteiger partial charge in [-0.3, -0.25) is 0 Å². The molecule has 0 fully saturated rings. The van der Waals surface area contributed by atoms with Gasteiger partial charge in [-0.05, 0) is 29.8 Å². The van der Waals surface area contributed by atoms with Gasteiger partial charge in [-0.25, -0.2) is 4.98 Å². The zero-order chi connectivity index (χ0) is 18.0. The SMILES string of the molecule is COc1ccc(C(O)c2nc(-c3cccc(C(F)(F)F)c3)cs2)cc1. The van der Waals surface area contributed by atoms with Crippen molar-refractivity contribution < 1.29 is 23.0 Å². The Morgan fingerprint density at radius 1 is 1.12 bits per heavy atom. The van der Waals surface area contributed by atoms with E-state index >= 15 is 0 Å². The summed E-state index contributed by atoms with van der Waals surface area (Å²) < 4.78 is 43.6. The molecule has 1 unspecified atom stereocenters. The topological polar surface area (TPSA) is 42.4 Å². The van der Waals surface area contributed by atoms with Crippen LogP contribution in [0.15, 0.2) is 53.9 Å². The van der Waals surface area contributed by atoms with E-state index in [0.29, 0.717) is 27.6 Å². The van der Waals surface area contributed by atoms with Crippen LogP contribution in [0, 0.1) is 0 Å². The van der Waals surface area contributed by atoms with Crippen LogP contribution in [0.25, 0.3) is 11.3 Å².